The summed E-state index contributed by atoms with van der Waals surface area (Å²) in [6.45, 7) is 1.98. The van der Waals surface area contributed by atoms with Crippen LogP contribution in [0.15, 0.2) is 48.5 Å². The Balaban J connectivity index is 2.35. The first-order valence-corrected chi connectivity index (χ1v) is 8.68. The SMILES string of the molecule is CCNC(=O)NC(=O)[C@@H](OC(=O)c1cc([N+](=O)[O-])ccc1NC)c1ccccc1. The summed E-state index contributed by atoms with van der Waals surface area (Å²) in [7, 11) is 1.54. The Morgan fingerprint density at radius 1 is 1.14 bits per heavy atom. The van der Waals surface area contributed by atoms with E-state index in [4.69, 9.17) is 4.74 Å². The number of benzene rings is 2. The average molecular weight is 400 g/mol. The quantitative estimate of drug-likeness (QED) is 0.368. The fourth-order valence-electron chi connectivity index (χ4n) is 2.49. The molecule has 152 valence electrons. The van der Waals surface area contributed by atoms with Gasteiger partial charge >= 0.3 is 12.0 Å². The molecule has 10 heteroatoms. The van der Waals surface area contributed by atoms with Crippen LogP contribution in [0.3, 0.4) is 0 Å². The standard InChI is InChI=1S/C19H20N4O6/c1-3-21-19(26)22-17(24)16(12-7-5-4-6-8-12)29-18(25)14-11-13(23(27)28)9-10-15(14)20-2/h4-11,16,20H,3H2,1-2H3,(H2,21,22,24,26)/t16-/m0/s1. The molecule has 0 aliphatic carbocycles. The second kappa shape index (κ2) is 9.83. The number of amides is 3. The molecule has 10 nitrogen and oxygen atoms in total. The molecule has 2 aromatic carbocycles. The highest BCUT2D eigenvalue weighted by molar-refractivity contribution is 6.01. The van der Waals surface area contributed by atoms with Crippen molar-refractivity contribution in [1.82, 2.24) is 10.6 Å². The van der Waals surface area contributed by atoms with Crippen LogP contribution in [0.4, 0.5) is 16.2 Å². The zero-order valence-electron chi connectivity index (χ0n) is 15.8. The predicted octanol–water partition coefficient (Wildman–Crippen LogP) is 2.38. The van der Waals surface area contributed by atoms with Gasteiger partial charge in [-0.15, -0.1) is 0 Å². The van der Waals surface area contributed by atoms with Crippen LogP contribution in [0.25, 0.3) is 0 Å². The third-order valence-electron chi connectivity index (χ3n) is 3.84. The van der Waals surface area contributed by atoms with Crippen LogP contribution in [0.2, 0.25) is 0 Å². The highest BCUT2D eigenvalue weighted by Gasteiger charge is 2.28. The lowest BCUT2D eigenvalue weighted by Crippen LogP contribution is -2.42. The number of hydrogen-bond donors (Lipinski definition) is 3. The molecule has 29 heavy (non-hydrogen) atoms. The highest BCUT2D eigenvalue weighted by Crippen LogP contribution is 2.26. The summed E-state index contributed by atoms with van der Waals surface area (Å²) in [5.74, 6) is -1.81. The van der Waals surface area contributed by atoms with Gasteiger partial charge in [0.1, 0.15) is 0 Å². The monoisotopic (exact) mass is 400 g/mol. The fraction of sp³-hybridized carbons (Fsp3) is 0.211. The van der Waals surface area contributed by atoms with Crippen molar-refractivity contribution < 1.29 is 24.0 Å². The molecule has 0 aliphatic rings. The number of rotatable bonds is 7. The van der Waals surface area contributed by atoms with Gasteiger partial charge in [-0.25, -0.2) is 9.59 Å². The maximum Gasteiger partial charge on any atom is 0.341 e. The number of nitro groups is 1. The van der Waals surface area contributed by atoms with Crippen LogP contribution in [0.5, 0.6) is 0 Å². The van der Waals surface area contributed by atoms with Crippen molar-refractivity contribution in [2.45, 2.75) is 13.0 Å². The zero-order valence-corrected chi connectivity index (χ0v) is 15.8. The van der Waals surface area contributed by atoms with Crippen LogP contribution in [0, 0.1) is 10.1 Å². The maximum absolute atomic E-state index is 12.7. The molecule has 0 saturated heterocycles. The van der Waals surface area contributed by atoms with Gasteiger partial charge in [-0.2, -0.15) is 0 Å². The van der Waals surface area contributed by atoms with E-state index in [2.05, 4.69) is 16.0 Å². The summed E-state index contributed by atoms with van der Waals surface area (Å²) >= 11 is 0. The Labute approximate surface area is 166 Å². The first-order chi connectivity index (χ1) is 13.9. The van der Waals surface area contributed by atoms with E-state index in [0.717, 1.165) is 6.07 Å². The molecule has 0 saturated carbocycles. The number of carbonyl (C=O) groups is 3. The molecule has 3 amide bonds. The molecular formula is C19H20N4O6. The fourth-order valence-corrected chi connectivity index (χ4v) is 2.49. The van der Waals surface area contributed by atoms with Crippen molar-refractivity contribution in [3.05, 3.63) is 69.8 Å². The van der Waals surface area contributed by atoms with Crippen LogP contribution < -0.4 is 16.0 Å². The topological polar surface area (TPSA) is 140 Å². The summed E-state index contributed by atoms with van der Waals surface area (Å²) in [4.78, 5) is 47.4. The largest absolute Gasteiger partial charge is 0.444 e. The maximum atomic E-state index is 12.7. The van der Waals surface area contributed by atoms with Crippen molar-refractivity contribution in [1.29, 1.82) is 0 Å². The molecule has 0 heterocycles. The first kappa shape index (κ1) is 21.4. The Morgan fingerprint density at radius 3 is 2.41 bits per heavy atom. The third-order valence-corrected chi connectivity index (χ3v) is 3.84. The van der Waals surface area contributed by atoms with E-state index in [-0.39, 0.29) is 16.9 Å². The van der Waals surface area contributed by atoms with Crippen molar-refractivity contribution >= 4 is 29.3 Å². The Kier molecular flexibility index (Phi) is 7.24. The number of urea groups is 1. The van der Waals surface area contributed by atoms with Gasteiger partial charge in [0, 0.05) is 37.0 Å². The van der Waals surface area contributed by atoms with Crippen molar-refractivity contribution in [3.8, 4) is 0 Å². The van der Waals surface area contributed by atoms with Gasteiger partial charge in [-0.3, -0.25) is 20.2 Å². The van der Waals surface area contributed by atoms with Gasteiger partial charge in [0.2, 0.25) is 6.10 Å². The number of hydrogen-bond acceptors (Lipinski definition) is 7. The Hall–Kier alpha value is -3.95. The van der Waals surface area contributed by atoms with E-state index in [9.17, 15) is 24.5 Å². The van der Waals surface area contributed by atoms with Crippen LogP contribution >= 0.6 is 0 Å². The molecule has 3 N–H and O–H groups in total. The number of anilines is 1. The van der Waals surface area contributed by atoms with E-state index in [0.29, 0.717) is 12.1 Å². The van der Waals surface area contributed by atoms with Crippen LogP contribution in [0.1, 0.15) is 28.9 Å². The number of imide groups is 1. The third kappa shape index (κ3) is 5.51. The summed E-state index contributed by atoms with van der Waals surface area (Å²) < 4.78 is 5.35. The molecular weight excluding hydrogens is 380 g/mol. The number of nitrogens with one attached hydrogen (secondary N) is 3. The number of non-ortho nitro benzene ring substituents is 1. The normalized spacial score (nSPS) is 11.1. The molecule has 2 aromatic rings. The van der Waals surface area contributed by atoms with Crippen molar-refractivity contribution in [2.75, 3.05) is 18.9 Å². The molecule has 0 fully saturated rings. The number of nitrogens with zero attached hydrogens (tertiary/aromatic N) is 1. The molecule has 0 spiro atoms. The summed E-state index contributed by atoms with van der Waals surface area (Å²) in [6.07, 6.45) is -1.43. The summed E-state index contributed by atoms with van der Waals surface area (Å²) in [5.41, 5.74) is 0.197. The Morgan fingerprint density at radius 2 is 1.83 bits per heavy atom. The minimum absolute atomic E-state index is 0.117. The Bertz CT molecular complexity index is 916. The minimum Gasteiger partial charge on any atom is -0.444 e. The number of carbonyl (C=O) groups excluding carboxylic acids is 3. The van der Waals surface area contributed by atoms with Gasteiger partial charge < -0.3 is 15.4 Å². The van der Waals surface area contributed by atoms with Gasteiger partial charge in [-0.05, 0) is 13.0 Å². The second-order valence-corrected chi connectivity index (χ2v) is 5.78. The van der Waals surface area contributed by atoms with E-state index < -0.39 is 28.9 Å². The van der Waals surface area contributed by atoms with Gasteiger partial charge in [0.25, 0.3) is 11.6 Å². The molecule has 0 bridgehead atoms. The predicted molar refractivity (Wildman–Crippen MR) is 104 cm³/mol. The molecule has 0 radical (unpaired) electrons. The highest BCUT2D eigenvalue weighted by atomic mass is 16.6. The van der Waals surface area contributed by atoms with E-state index in [1.165, 1.54) is 19.2 Å². The zero-order chi connectivity index (χ0) is 21.4. The smallest absolute Gasteiger partial charge is 0.341 e. The molecule has 0 aromatic heterocycles. The van der Waals surface area contributed by atoms with Crippen LogP contribution in [-0.2, 0) is 9.53 Å². The number of ether oxygens (including phenoxy) is 1. The van der Waals surface area contributed by atoms with E-state index >= 15 is 0 Å². The average Bonchev–Trinajstić information content (AvgIpc) is 2.71. The second-order valence-electron chi connectivity index (χ2n) is 5.78. The first-order valence-electron chi connectivity index (χ1n) is 8.68. The van der Waals surface area contributed by atoms with Crippen molar-refractivity contribution in [2.24, 2.45) is 0 Å². The van der Waals surface area contributed by atoms with Gasteiger partial charge in [0.05, 0.1) is 10.5 Å². The van der Waals surface area contributed by atoms with Crippen molar-refractivity contribution in [3.63, 3.8) is 0 Å². The number of nitro benzene ring substituents is 1. The molecule has 1 atom stereocenters. The number of esters is 1. The van der Waals surface area contributed by atoms with E-state index in [1.807, 2.05) is 0 Å². The molecule has 0 aliphatic heterocycles. The summed E-state index contributed by atoms with van der Waals surface area (Å²) in [6, 6.07) is 11.0. The lowest BCUT2D eigenvalue weighted by atomic mass is 10.1. The van der Waals surface area contributed by atoms with Gasteiger partial charge in [-0.1, -0.05) is 30.3 Å². The summed E-state index contributed by atoms with van der Waals surface area (Å²) in [5, 5.41) is 18.3. The van der Waals surface area contributed by atoms with Crippen LogP contribution in [-0.4, -0.2) is 36.4 Å². The lowest BCUT2D eigenvalue weighted by molar-refractivity contribution is -0.384. The molecule has 2 rings (SSSR count). The van der Waals surface area contributed by atoms with E-state index in [1.54, 1.807) is 37.3 Å². The van der Waals surface area contributed by atoms with Gasteiger partial charge in [0.15, 0.2) is 0 Å². The molecule has 0 unspecified atom stereocenters. The minimum atomic E-state index is -1.43. The lowest BCUT2D eigenvalue weighted by Gasteiger charge is -2.18.